The van der Waals surface area contributed by atoms with Crippen LogP contribution < -0.4 is 19.5 Å². The average Bonchev–Trinajstić information content (AvgIpc) is 2.75. The quantitative estimate of drug-likeness (QED) is 0.259. The predicted molar refractivity (Wildman–Crippen MR) is 118 cm³/mol. The van der Waals surface area contributed by atoms with E-state index >= 15 is 0 Å². The Balaban J connectivity index is 2.17. The number of methoxy groups -OCH3 is 2. The number of amides is 1. The normalized spacial score (nSPS) is 10.4. The van der Waals surface area contributed by atoms with Crippen molar-refractivity contribution in [3.05, 3.63) is 56.7 Å². The number of hydrogen-bond donors (Lipinski definition) is 1. The van der Waals surface area contributed by atoms with Crippen molar-refractivity contribution in [3.8, 4) is 35.7 Å². The summed E-state index contributed by atoms with van der Waals surface area (Å²) in [7, 11) is 3.10. The van der Waals surface area contributed by atoms with E-state index in [1.165, 1.54) is 13.2 Å². The molecule has 0 aliphatic carbocycles. The van der Waals surface area contributed by atoms with E-state index in [2.05, 4.69) is 33.8 Å². The van der Waals surface area contributed by atoms with Crippen LogP contribution in [0.5, 0.6) is 17.2 Å². The Labute approximate surface area is 183 Å². The number of carbonyl (C=O) groups is 1. The first kappa shape index (κ1) is 22.1. The summed E-state index contributed by atoms with van der Waals surface area (Å²) < 4.78 is 16.7. The van der Waals surface area contributed by atoms with Crippen LogP contribution in [0.15, 0.2) is 42.0 Å². The fraction of sp³-hybridized carbons (Fsp3) is 0.182. The van der Waals surface area contributed by atoms with Crippen molar-refractivity contribution in [2.24, 2.45) is 0 Å². The van der Waals surface area contributed by atoms with Gasteiger partial charge in [0.1, 0.15) is 24.0 Å². The number of rotatable bonds is 8. The summed E-state index contributed by atoms with van der Waals surface area (Å²) in [6.45, 7) is 0.403. The first-order valence-electron chi connectivity index (χ1n) is 8.49. The van der Waals surface area contributed by atoms with E-state index in [1.807, 2.05) is 18.2 Å². The SMILES string of the molecule is C#CCOc1c(I)cc(/C=C(/C#N)C(=O)NCc2ccc(OC)cc2)cc1OC. The third-order valence-corrected chi connectivity index (χ3v) is 4.64. The summed E-state index contributed by atoms with van der Waals surface area (Å²) in [6, 6.07) is 12.7. The number of hydrogen-bond acceptors (Lipinski definition) is 5. The summed E-state index contributed by atoms with van der Waals surface area (Å²) in [6.07, 6.45) is 6.73. The van der Waals surface area contributed by atoms with Gasteiger partial charge in [-0.15, -0.1) is 6.42 Å². The van der Waals surface area contributed by atoms with Crippen LogP contribution in [-0.4, -0.2) is 26.7 Å². The van der Waals surface area contributed by atoms with E-state index in [1.54, 1.807) is 31.4 Å². The minimum Gasteiger partial charge on any atom is -0.497 e. The fourth-order valence-corrected chi connectivity index (χ4v) is 3.19. The van der Waals surface area contributed by atoms with Gasteiger partial charge in [-0.1, -0.05) is 18.1 Å². The molecule has 0 saturated heterocycles. The van der Waals surface area contributed by atoms with Crippen LogP contribution in [0.1, 0.15) is 11.1 Å². The maximum absolute atomic E-state index is 12.4. The minimum atomic E-state index is -0.468. The molecule has 0 fully saturated rings. The average molecular weight is 502 g/mol. The van der Waals surface area contributed by atoms with Gasteiger partial charge in [0.05, 0.1) is 17.8 Å². The Morgan fingerprint density at radius 2 is 1.97 bits per heavy atom. The van der Waals surface area contributed by atoms with Crippen molar-refractivity contribution in [3.63, 3.8) is 0 Å². The smallest absolute Gasteiger partial charge is 0.262 e. The number of halogens is 1. The van der Waals surface area contributed by atoms with Crippen molar-refractivity contribution in [1.82, 2.24) is 5.32 Å². The first-order valence-corrected chi connectivity index (χ1v) is 9.57. The molecule has 0 saturated carbocycles. The molecule has 29 heavy (non-hydrogen) atoms. The number of carbonyl (C=O) groups excluding carboxylic acids is 1. The van der Waals surface area contributed by atoms with Crippen molar-refractivity contribution < 1.29 is 19.0 Å². The number of nitrogens with zero attached hydrogens (tertiary/aromatic N) is 1. The lowest BCUT2D eigenvalue weighted by Crippen LogP contribution is -2.23. The van der Waals surface area contributed by atoms with Crippen LogP contribution in [-0.2, 0) is 11.3 Å². The molecule has 0 aliphatic heterocycles. The van der Waals surface area contributed by atoms with Crippen molar-refractivity contribution in [2.75, 3.05) is 20.8 Å². The maximum atomic E-state index is 12.4. The number of terminal acetylenes is 1. The van der Waals surface area contributed by atoms with Gasteiger partial charge in [-0.2, -0.15) is 5.26 Å². The lowest BCUT2D eigenvalue weighted by Gasteiger charge is -2.12. The third kappa shape index (κ3) is 6.16. The van der Waals surface area contributed by atoms with Crippen molar-refractivity contribution >= 4 is 34.6 Å². The highest BCUT2D eigenvalue weighted by atomic mass is 127. The van der Waals surface area contributed by atoms with Crippen molar-refractivity contribution in [1.29, 1.82) is 5.26 Å². The summed E-state index contributed by atoms with van der Waals surface area (Å²) in [5.41, 5.74) is 1.51. The van der Waals surface area contributed by atoms with Gasteiger partial charge in [-0.3, -0.25) is 4.79 Å². The van der Waals surface area contributed by atoms with Crippen molar-refractivity contribution in [2.45, 2.75) is 6.54 Å². The zero-order valence-corrected chi connectivity index (χ0v) is 18.1. The molecule has 6 nitrogen and oxygen atoms in total. The molecule has 2 aromatic carbocycles. The van der Waals surface area contributed by atoms with Gasteiger partial charge in [-0.05, 0) is 64.1 Å². The molecule has 7 heteroatoms. The second-order valence-electron chi connectivity index (χ2n) is 5.73. The molecule has 0 radical (unpaired) electrons. The van der Waals surface area contributed by atoms with Gasteiger partial charge < -0.3 is 19.5 Å². The summed E-state index contributed by atoms with van der Waals surface area (Å²) in [5, 5.41) is 12.2. The number of nitrogens with one attached hydrogen (secondary N) is 1. The summed E-state index contributed by atoms with van der Waals surface area (Å²) >= 11 is 2.08. The highest BCUT2D eigenvalue weighted by molar-refractivity contribution is 14.1. The third-order valence-electron chi connectivity index (χ3n) is 3.84. The molecule has 0 bridgehead atoms. The van der Waals surface area contributed by atoms with Crippen LogP contribution in [0.2, 0.25) is 0 Å². The molecule has 0 unspecified atom stereocenters. The van der Waals surface area contributed by atoms with Crippen LogP contribution >= 0.6 is 22.6 Å². The van der Waals surface area contributed by atoms with Crippen LogP contribution in [0.25, 0.3) is 6.08 Å². The Morgan fingerprint density at radius 3 is 2.55 bits per heavy atom. The molecule has 0 heterocycles. The Kier molecular flexibility index (Phi) is 8.38. The fourth-order valence-electron chi connectivity index (χ4n) is 2.41. The molecular formula is C22H19IN2O4. The zero-order valence-electron chi connectivity index (χ0n) is 16.0. The maximum Gasteiger partial charge on any atom is 0.262 e. The Hall–Kier alpha value is -3.17. The number of benzene rings is 2. The van der Waals surface area contributed by atoms with E-state index in [0.717, 1.165) is 14.9 Å². The largest absolute Gasteiger partial charge is 0.497 e. The number of ether oxygens (including phenoxy) is 3. The number of nitriles is 1. The highest BCUT2D eigenvalue weighted by Crippen LogP contribution is 2.34. The van der Waals surface area contributed by atoms with Gasteiger partial charge >= 0.3 is 0 Å². The zero-order chi connectivity index (χ0) is 21.2. The standard InChI is InChI=1S/C22H19IN2O4/c1-4-9-29-21-19(23)11-16(12-20(21)28-3)10-17(13-24)22(26)25-14-15-5-7-18(27-2)8-6-15/h1,5-8,10-12H,9,14H2,2-3H3,(H,25,26)/b17-10-. The van der Waals surface area contributed by atoms with Crippen LogP contribution in [0.3, 0.4) is 0 Å². The predicted octanol–water partition coefficient (Wildman–Crippen LogP) is 3.54. The second-order valence-corrected chi connectivity index (χ2v) is 6.89. The Morgan fingerprint density at radius 1 is 1.24 bits per heavy atom. The van der Waals surface area contributed by atoms with Gasteiger partial charge in [0.15, 0.2) is 11.5 Å². The van der Waals surface area contributed by atoms with Crippen LogP contribution in [0, 0.1) is 27.2 Å². The molecule has 2 aromatic rings. The van der Waals surface area contributed by atoms with E-state index in [9.17, 15) is 10.1 Å². The molecule has 0 aliphatic rings. The molecule has 148 valence electrons. The molecule has 0 spiro atoms. The molecule has 0 aromatic heterocycles. The molecule has 1 N–H and O–H groups in total. The highest BCUT2D eigenvalue weighted by Gasteiger charge is 2.13. The van der Waals surface area contributed by atoms with E-state index in [-0.39, 0.29) is 12.2 Å². The topological polar surface area (TPSA) is 80.6 Å². The first-order chi connectivity index (χ1) is 14.0. The van der Waals surface area contributed by atoms with Crippen LogP contribution in [0.4, 0.5) is 0 Å². The second kappa shape index (κ2) is 11.0. The lowest BCUT2D eigenvalue weighted by molar-refractivity contribution is -0.117. The molecular weight excluding hydrogens is 483 g/mol. The molecule has 0 atom stereocenters. The van der Waals surface area contributed by atoms with Gasteiger partial charge in [0.2, 0.25) is 0 Å². The Bertz CT molecular complexity index is 986. The van der Waals surface area contributed by atoms with Gasteiger partial charge in [0, 0.05) is 6.54 Å². The van der Waals surface area contributed by atoms with E-state index in [0.29, 0.717) is 23.6 Å². The van der Waals surface area contributed by atoms with E-state index < -0.39 is 5.91 Å². The molecule has 2 rings (SSSR count). The molecule has 1 amide bonds. The van der Waals surface area contributed by atoms with Gasteiger partial charge in [0.25, 0.3) is 5.91 Å². The van der Waals surface area contributed by atoms with Gasteiger partial charge in [-0.25, -0.2) is 0 Å². The summed E-state index contributed by atoms with van der Waals surface area (Å²) in [4.78, 5) is 12.4. The summed E-state index contributed by atoms with van der Waals surface area (Å²) in [5.74, 6) is 3.65. The minimum absolute atomic E-state index is 0.0198. The monoisotopic (exact) mass is 502 g/mol. The lowest BCUT2D eigenvalue weighted by atomic mass is 10.1. The van der Waals surface area contributed by atoms with E-state index in [4.69, 9.17) is 20.6 Å².